The van der Waals surface area contributed by atoms with Gasteiger partial charge in [-0.3, -0.25) is 4.98 Å². The molecule has 0 aromatic carbocycles. The maximum absolute atomic E-state index is 11.7. The van der Waals surface area contributed by atoms with Crippen molar-refractivity contribution in [2.24, 2.45) is 0 Å². The van der Waals surface area contributed by atoms with Crippen molar-refractivity contribution in [3.05, 3.63) is 30.1 Å². The third-order valence-electron chi connectivity index (χ3n) is 2.74. The van der Waals surface area contributed by atoms with Gasteiger partial charge in [0.2, 0.25) is 0 Å². The minimum absolute atomic E-state index is 0.0683. The minimum Gasteiger partial charge on any atom is -0.394 e. The fraction of sp³-hybridized carbons (Fsp3) is 0.538. The Kier molecular flexibility index (Phi) is 5.58. The van der Waals surface area contributed by atoms with Gasteiger partial charge in [0.05, 0.1) is 12.1 Å². The zero-order chi connectivity index (χ0) is 13.4. The van der Waals surface area contributed by atoms with E-state index in [1.165, 1.54) is 0 Å². The van der Waals surface area contributed by atoms with E-state index < -0.39 is 5.54 Å². The van der Waals surface area contributed by atoms with Crippen molar-refractivity contribution in [1.82, 2.24) is 15.6 Å². The molecule has 1 atom stereocenters. The van der Waals surface area contributed by atoms with Crippen LogP contribution in [0.25, 0.3) is 0 Å². The molecule has 5 nitrogen and oxygen atoms in total. The highest BCUT2D eigenvalue weighted by atomic mass is 16.3. The molecule has 0 unspecified atom stereocenters. The van der Waals surface area contributed by atoms with Crippen molar-refractivity contribution in [3.8, 4) is 0 Å². The lowest BCUT2D eigenvalue weighted by molar-refractivity contribution is 0.163. The van der Waals surface area contributed by atoms with Crippen molar-refractivity contribution in [2.45, 2.75) is 38.8 Å². The average Bonchev–Trinajstić information content (AvgIpc) is 2.38. The summed E-state index contributed by atoms with van der Waals surface area (Å²) in [6.45, 7) is 4.21. The summed E-state index contributed by atoms with van der Waals surface area (Å²) in [5.74, 6) is 0. The van der Waals surface area contributed by atoms with E-state index in [1.54, 1.807) is 12.4 Å². The molecule has 0 saturated carbocycles. The SMILES string of the molecule is CCC[C@@](C)(CO)NC(=O)NCc1cccnc1. The number of amides is 2. The predicted molar refractivity (Wildman–Crippen MR) is 70.0 cm³/mol. The normalized spacial score (nSPS) is 13.7. The number of pyridine rings is 1. The largest absolute Gasteiger partial charge is 0.394 e. The lowest BCUT2D eigenvalue weighted by atomic mass is 9.98. The van der Waals surface area contributed by atoms with Crippen LogP contribution in [-0.2, 0) is 6.54 Å². The maximum Gasteiger partial charge on any atom is 0.315 e. The molecule has 0 aliphatic heterocycles. The van der Waals surface area contributed by atoms with Crippen LogP contribution in [0, 0.1) is 0 Å². The van der Waals surface area contributed by atoms with Gasteiger partial charge in [0.15, 0.2) is 0 Å². The van der Waals surface area contributed by atoms with Crippen molar-refractivity contribution >= 4 is 6.03 Å². The fourth-order valence-corrected chi connectivity index (χ4v) is 1.74. The zero-order valence-electron chi connectivity index (χ0n) is 10.9. The van der Waals surface area contributed by atoms with Gasteiger partial charge in [-0.15, -0.1) is 0 Å². The Morgan fingerprint density at radius 3 is 2.89 bits per heavy atom. The molecule has 1 aromatic heterocycles. The Labute approximate surface area is 108 Å². The predicted octanol–water partition coefficient (Wildman–Crippen LogP) is 1.43. The van der Waals surface area contributed by atoms with E-state index in [2.05, 4.69) is 15.6 Å². The van der Waals surface area contributed by atoms with Gasteiger partial charge in [0, 0.05) is 18.9 Å². The van der Waals surface area contributed by atoms with Gasteiger partial charge in [-0.2, -0.15) is 0 Å². The summed E-state index contributed by atoms with van der Waals surface area (Å²) in [4.78, 5) is 15.7. The van der Waals surface area contributed by atoms with Gasteiger partial charge in [-0.1, -0.05) is 19.4 Å². The van der Waals surface area contributed by atoms with Crippen LogP contribution in [0.15, 0.2) is 24.5 Å². The Balaban J connectivity index is 2.41. The van der Waals surface area contributed by atoms with E-state index in [1.807, 2.05) is 26.0 Å². The Morgan fingerprint density at radius 2 is 2.33 bits per heavy atom. The van der Waals surface area contributed by atoms with Gasteiger partial charge in [-0.05, 0) is 25.0 Å². The fourth-order valence-electron chi connectivity index (χ4n) is 1.74. The van der Waals surface area contributed by atoms with Crippen LogP contribution in [0.5, 0.6) is 0 Å². The molecular formula is C13H21N3O2. The van der Waals surface area contributed by atoms with Crippen LogP contribution in [0.1, 0.15) is 32.3 Å². The second-order valence-electron chi connectivity index (χ2n) is 4.64. The number of hydrogen-bond acceptors (Lipinski definition) is 3. The molecule has 100 valence electrons. The molecule has 0 aliphatic rings. The first kappa shape index (κ1) is 14.4. The number of urea groups is 1. The molecule has 1 aromatic rings. The first-order chi connectivity index (χ1) is 8.59. The van der Waals surface area contributed by atoms with E-state index in [-0.39, 0.29) is 12.6 Å². The second-order valence-corrected chi connectivity index (χ2v) is 4.64. The molecule has 3 N–H and O–H groups in total. The molecule has 0 radical (unpaired) electrons. The van der Waals surface area contributed by atoms with Crippen molar-refractivity contribution < 1.29 is 9.90 Å². The number of rotatable bonds is 6. The summed E-state index contributed by atoms with van der Waals surface area (Å²) in [7, 11) is 0. The van der Waals surface area contributed by atoms with E-state index in [4.69, 9.17) is 0 Å². The Bertz CT molecular complexity index is 370. The topological polar surface area (TPSA) is 74.2 Å². The summed E-state index contributed by atoms with van der Waals surface area (Å²) in [5, 5.41) is 14.8. The average molecular weight is 251 g/mol. The zero-order valence-corrected chi connectivity index (χ0v) is 10.9. The smallest absolute Gasteiger partial charge is 0.315 e. The van der Waals surface area contributed by atoms with Gasteiger partial charge in [0.1, 0.15) is 0 Å². The summed E-state index contributed by atoms with van der Waals surface area (Å²) in [6, 6.07) is 3.44. The number of carbonyl (C=O) groups is 1. The molecule has 0 spiro atoms. The third-order valence-corrected chi connectivity index (χ3v) is 2.74. The van der Waals surface area contributed by atoms with Crippen LogP contribution < -0.4 is 10.6 Å². The third kappa shape index (κ3) is 4.71. The molecule has 1 rings (SSSR count). The lowest BCUT2D eigenvalue weighted by Gasteiger charge is -2.28. The number of aromatic nitrogens is 1. The molecule has 1 heterocycles. The molecular weight excluding hydrogens is 230 g/mol. The number of carbonyl (C=O) groups excluding carboxylic acids is 1. The molecule has 0 fully saturated rings. The Morgan fingerprint density at radius 1 is 1.56 bits per heavy atom. The molecule has 5 heteroatoms. The van der Waals surface area contributed by atoms with Gasteiger partial charge in [0.25, 0.3) is 0 Å². The summed E-state index contributed by atoms with van der Waals surface area (Å²) < 4.78 is 0. The Hall–Kier alpha value is -1.62. The van der Waals surface area contributed by atoms with Crippen molar-refractivity contribution in [1.29, 1.82) is 0 Å². The summed E-state index contributed by atoms with van der Waals surface area (Å²) in [6.07, 6.45) is 5.04. The number of hydrogen-bond donors (Lipinski definition) is 3. The van der Waals surface area contributed by atoms with E-state index in [9.17, 15) is 9.90 Å². The van der Waals surface area contributed by atoms with Crippen molar-refractivity contribution in [2.75, 3.05) is 6.61 Å². The maximum atomic E-state index is 11.7. The summed E-state index contributed by atoms with van der Waals surface area (Å²) >= 11 is 0. The van der Waals surface area contributed by atoms with Gasteiger partial charge >= 0.3 is 6.03 Å². The number of nitrogens with zero attached hydrogens (tertiary/aromatic N) is 1. The highest BCUT2D eigenvalue weighted by Gasteiger charge is 2.24. The number of nitrogens with one attached hydrogen (secondary N) is 2. The van der Waals surface area contributed by atoms with Gasteiger partial charge in [-0.25, -0.2) is 4.79 Å². The van der Waals surface area contributed by atoms with Gasteiger partial charge < -0.3 is 15.7 Å². The first-order valence-corrected chi connectivity index (χ1v) is 6.15. The highest BCUT2D eigenvalue weighted by molar-refractivity contribution is 5.74. The number of aliphatic hydroxyl groups excluding tert-OH is 1. The number of aliphatic hydroxyl groups is 1. The van der Waals surface area contributed by atoms with Crippen molar-refractivity contribution in [3.63, 3.8) is 0 Å². The van der Waals surface area contributed by atoms with Crippen LogP contribution in [0.2, 0.25) is 0 Å². The second kappa shape index (κ2) is 6.96. The highest BCUT2D eigenvalue weighted by Crippen LogP contribution is 2.10. The lowest BCUT2D eigenvalue weighted by Crippen LogP contribution is -2.52. The van der Waals surface area contributed by atoms with Crippen LogP contribution in [0.4, 0.5) is 4.79 Å². The summed E-state index contributed by atoms with van der Waals surface area (Å²) in [5.41, 5.74) is 0.377. The molecule has 2 amide bonds. The molecule has 0 aliphatic carbocycles. The van der Waals surface area contributed by atoms with Crippen LogP contribution in [-0.4, -0.2) is 28.3 Å². The van der Waals surface area contributed by atoms with E-state index >= 15 is 0 Å². The van der Waals surface area contributed by atoms with Crippen LogP contribution in [0.3, 0.4) is 0 Å². The molecule has 0 bridgehead atoms. The first-order valence-electron chi connectivity index (χ1n) is 6.15. The standard InChI is InChI=1S/C13H21N3O2/c1-3-6-13(2,10-17)16-12(18)15-9-11-5-4-7-14-8-11/h4-5,7-8,17H,3,6,9-10H2,1-2H3,(H2,15,16,18)/t13-/m0/s1. The quantitative estimate of drug-likeness (QED) is 0.716. The monoisotopic (exact) mass is 251 g/mol. The van der Waals surface area contributed by atoms with Crippen LogP contribution >= 0.6 is 0 Å². The molecule has 18 heavy (non-hydrogen) atoms. The van der Waals surface area contributed by atoms with E-state index in [0.717, 1.165) is 18.4 Å². The molecule has 0 saturated heterocycles. The minimum atomic E-state index is -0.562. The van der Waals surface area contributed by atoms with E-state index in [0.29, 0.717) is 6.54 Å².